The molecule has 1 aromatic rings. The van der Waals surface area contributed by atoms with E-state index in [1.54, 1.807) is 6.92 Å². The first kappa shape index (κ1) is 14.1. The van der Waals surface area contributed by atoms with E-state index in [-0.39, 0.29) is 5.78 Å². The first-order chi connectivity index (χ1) is 9.20. The summed E-state index contributed by atoms with van der Waals surface area (Å²) >= 11 is 0. The predicted octanol–water partition coefficient (Wildman–Crippen LogP) is 4.30. The van der Waals surface area contributed by atoms with Gasteiger partial charge in [-0.1, -0.05) is 19.8 Å². The van der Waals surface area contributed by atoms with Crippen molar-refractivity contribution in [3.05, 3.63) is 29.8 Å². The molecule has 0 radical (unpaired) electrons. The molecule has 0 aromatic heterocycles. The van der Waals surface area contributed by atoms with Gasteiger partial charge in [0.25, 0.3) is 0 Å². The third-order valence-corrected chi connectivity index (χ3v) is 4.18. The molecule has 1 aromatic carbocycles. The van der Waals surface area contributed by atoms with Crippen molar-refractivity contribution in [2.75, 3.05) is 18.0 Å². The summed E-state index contributed by atoms with van der Waals surface area (Å²) in [5.74, 6) is 1.05. The van der Waals surface area contributed by atoms with Gasteiger partial charge in [0.1, 0.15) is 0 Å². The summed E-state index contributed by atoms with van der Waals surface area (Å²) < 4.78 is 0. The lowest BCUT2D eigenvalue weighted by molar-refractivity contribution is 0.101. The Morgan fingerprint density at radius 3 is 2.58 bits per heavy atom. The Labute approximate surface area is 116 Å². The first-order valence-corrected chi connectivity index (χ1v) is 7.56. The molecule has 0 bridgehead atoms. The van der Waals surface area contributed by atoms with Gasteiger partial charge in [-0.25, -0.2) is 0 Å². The zero-order valence-electron chi connectivity index (χ0n) is 12.2. The molecular formula is C17H25NO. The lowest BCUT2D eigenvalue weighted by Crippen LogP contribution is -2.24. The van der Waals surface area contributed by atoms with Crippen LogP contribution in [0.2, 0.25) is 0 Å². The molecule has 2 heteroatoms. The molecule has 104 valence electrons. The molecule has 1 heterocycles. The van der Waals surface area contributed by atoms with Gasteiger partial charge in [0.15, 0.2) is 5.78 Å². The van der Waals surface area contributed by atoms with Crippen molar-refractivity contribution >= 4 is 11.5 Å². The smallest absolute Gasteiger partial charge is 0.159 e. The van der Waals surface area contributed by atoms with Gasteiger partial charge in [0.2, 0.25) is 0 Å². The minimum atomic E-state index is 0.144. The highest BCUT2D eigenvalue weighted by Crippen LogP contribution is 2.25. The summed E-state index contributed by atoms with van der Waals surface area (Å²) in [5.41, 5.74) is 2.07. The van der Waals surface area contributed by atoms with Gasteiger partial charge in [-0.15, -0.1) is 0 Å². The van der Waals surface area contributed by atoms with E-state index >= 15 is 0 Å². The van der Waals surface area contributed by atoms with E-state index in [2.05, 4.69) is 24.0 Å². The minimum absolute atomic E-state index is 0.144. The Balaban J connectivity index is 1.99. The summed E-state index contributed by atoms with van der Waals surface area (Å²) in [5, 5.41) is 0. The molecule has 1 unspecified atom stereocenters. The molecule has 1 aliphatic rings. The zero-order valence-corrected chi connectivity index (χ0v) is 12.2. The number of hydrogen-bond acceptors (Lipinski definition) is 2. The van der Waals surface area contributed by atoms with Gasteiger partial charge in [-0.3, -0.25) is 4.79 Å². The highest BCUT2D eigenvalue weighted by molar-refractivity contribution is 5.94. The van der Waals surface area contributed by atoms with Crippen LogP contribution < -0.4 is 4.90 Å². The number of rotatable bonds is 4. The van der Waals surface area contributed by atoms with E-state index in [0.717, 1.165) is 24.6 Å². The Hall–Kier alpha value is -1.31. The van der Waals surface area contributed by atoms with Crippen LogP contribution in [0.3, 0.4) is 0 Å². The normalized spacial score (nSPS) is 20.1. The fraction of sp³-hybridized carbons (Fsp3) is 0.588. The van der Waals surface area contributed by atoms with Gasteiger partial charge >= 0.3 is 0 Å². The van der Waals surface area contributed by atoms with Crippen LogP contribution in [0.1, 0.15) is 56.3 Å². The largest absolute Gasteiger partial charge is 0.372 e. The average molecular weight is 259 g/mol. The fourth-order valence-corrected chi connectivity index (χ4v) is 3.03. The monoisotopic (exact) mass is 259 g/mol. The second kappa shape index (κ2) is 6.74. The maximum absolute atomic E-state index is 11.3. The van der Waals surface area contributed by atoms with Crippen LogP contribution in [0.15, 0.2) is 24.3 Å². The SMILES string of the molecule is CCCC1CCCN(c2ccc(C(C)=O)cc2)CC1. The second-order valence-corrected chi connectivity index (χ2v) is 5.68. The lowest BCUT2D eigenvalue weighted by atomic mass is 9.96. The standard InChI is InChI=1S/C17H25NO/c1-3-5-15-6-4-12-18(13-11-15)17-9-7-16(8-10-17)14(2)19/h7-10,15H,3-6,11-13H2,1-2H3. The van der Waals surface area contributed by atoms with Crippen LogP contribution in [-0.2, 0) is 0 Å². The fourth-order valence-electron chi connectivity index (χ4n) is 3.03. The minimum Gasteiger partial charge on any atom is -0.372 e. The molecule has 0 amide bonds. The zero-order chi connectivity index (χ0) is 13.7. The highest BCUT2D eigenvalue weighted by atomic mass is 16.1. The summed E-state index contributed by atoms with van der Waals surface area (Å²) in [6.07, 6.45) is 6.65. The van der Waals surface area contributed by atoms with E-state index in [9.17, 15) is 4.79 Å². The van der Waals surface area contributed by atoms with Crippen LogP contribution in [0, 0.1) is 5.92 Å². The van der Waals surface area contributed by atoms with E-state index in [1.807, 2.05) is 12.1 Å². The Kier molecular flexibility index (Phi) is 5.00. The number of anilines is 1. The molecule has 0 aliphatic carbocycles. The molecule has 19 heavy (non-hydrogen) atoms. The third kappa shape index (κ3) is 3.82. The van der Waals surface area contributed by atoms with Crippen molar-refractivity contribution in [1.29, 1.82) is 0 Å². The molecule has 1 fully saturated rings. The summed E-state index contributed by atoms with van der Waals surface area (Å²) in [6.45, 7) is 6.21. The molecule has 1 atom stereocenters. The maximum Gasteiger partial charge on any atom is 0.159 e. The number of nitrogens with zero attached hydrogens (tertiary/aromatic N) is 1. The highest BCUT2D eigenvalue weighted by Gasteiger charge is 2.16. The quantitative estimate of drug-likeness (QED) is 0.752. The molecule has 1 saturated heterocycles. The molecule has 0 saturated carbocycles. The topological polar surface area (TPSA) is 20.3 Å². The Morgan fingerprint density at radius 1 is 1.21 bits per heavy atom. The van der Waals surface area contributed by atoms with Gasteiger partial charge in [-0.05, 0) is 56.4 Å². The molecule has 1 aliphatic heterocycles. The lowest BCUT2D eigenvalue weighted by Gasteiger charge is -2.23. The summed E-state index contributed by atoms with van der Waals surface area (Å²) in [4.78, 5) is 13.8. The molecule has 0 spiro atoms. The number of benzene rings is 1. The van der Waals surface area contributed by atoms with Crippen LogP contribution in [-0.4, -0.2) is 18.9 Å². The van der Waals surface area contributed by atoms with Crippen molar-refractivity contribution < 1.29 is 4.79 Å². The molecule has 2 nitrogen and oxygen atoms in total. The van der Waals surface area contributed by atoms with Crippen molar-refractivity contribution in [3.8, 4) is 0 Å². The van der Waals surface area contributed by atoms with E-state index in [4.69, 9.17) is 0 Å². The number of hydrogen-bond donors (Lipinski definition) is 0. The van der Waals surface area contributed by atoms with Crippen molar-refractivity contribution in [3.63, 3.8) is 0 Å². The van der Waals surface area contributed by atoms with Crippen LogP contribution in [0.4, 0.5) is 5.69 Å². The van der Waals surface area contributed by atoms with Crippen molar-refractivity contribution in [1.82, 2.24) is 0 Å². The number of ketones is 1. The average Bonchev–Trinajstić information content (AvgIpc) is 2.65. The third-order valence-electron chi connectivity index (χ3n) is 4.18. The molecule has 0 N–H and O–H groups in total. The Bertz CT molecular complexity index is 410. The van der Waals surface area contributed by atoms with Gasteiger partial charge < -0.3 is 4.90 Å². The second-order valence-electron chi connectivity index (χ2n) is 5.68. The molecule has 2 rings (SSSR count). The van der Waals surface area contributed by atoms with Crippen LogP contribution in [0.5, 0.6) is 0 Å². The maximum atomic E-state index is 11.3. The van der Waals surface area contributed by atoms with Crippen LogP contribution >= 0.6 is 0 Å². The number of carbonyl (C=O) groups is 1. The first-order valence-electron chi connectivity index (χ1n) is 7.56. The molecular weight excluding hydrogens is 234 g/mol. The number of Topliss-reactive ketones (excluding diaryl/α,β-unsaturated/α-hetero) is 1. The number of carbonyl (C=O) groups excluding carboxylic acids is 1. The summed E-state index contributed by atoms with van der Waals surface area (Å²) in [7, 11) is 0. The van der Waals surface area contributed by atoms with E-state index < -0.39 is 0 Å². The summed E-state index contributed by atoms with van der Waals surface area (Å²) in [6, 6.07) is 8.09. The van der Waals surface area contributed by atoms with Gasteiger partial charge in [0, 0.05) is 24.3 Å². The van der Waals surface area contributed by atoms with Gasteiger partial charge in [0.05, 0.1) is 0 Å². The predicted molar refractivity (Wildman–Crippen MR) is 80.9 cm³/mol. The van der Waals surface area contributed by atoms with E-state index in [1.165, 1.54) is 37.8 Å². The van der Waals surface area contributed by atoms with Crippen molar-refractivity contribution in [2.45, 2.75) is 46.0 Å². The van der Waals surface area contributed by atoms with Gasteiger partial charge in [-0.2, -0.15) is 0 Å². The van der Waals surface area contributed by atoms with E-state index in [0.29, 0.717) is 0 Å². The van der Waals surface area contributed by atoms with Crippen molar-refractivity contribution in [2.24, 2.45) is 5.92 Å². The Morgan fingerprint density at radius 2 is 1.95 bits per heavy atom. The van der Waals surface area contributed by atoms with Crippen LogP contribution in [0.25, 0.3) is 0 Å².